The van der Waals surface area contributed by atoms with E-state index in [1.165, 1.54) is 49.7 Å². The Labute approximate surface area is 224 Å². The van der Waals surface area contributed by atoms with Crippen molar-refractivity contribution in [2.45, 2.75) is 0 Å². The normalized spacial score (nSPS) is 12.1. The average Bonchev–Trinajstić information content (AvgIpc) is 3.66. The smallest absolute Gasteiger partial charge is 0.159 e. The Bertz CT molecular complexity index is 2270. The van der Waals surface area contributed by atoms with Gasteiger partial charge in [-0.3, -0.25) is 0 Å². The minimum Gasteiger partial charge on any atom is -0.454 e. The summed E-state index contributed by atoms with van der Waals surface area (Å²) in [4.78, 5) is 0. The molecule has 3 aromatic heterocycles. The van der Waals surface area contributed by atoms with E-state index in [1.807, 2.05) is 12.1 Å². The topological polar surface area (TPSA) is 23.0 Å². The SMILES string of the molecule is c1ccc(-c2cccc(-n3c4cccc5c4c4c3cccc4n5-c3cccc4c3oc3ccccc34)c2)cc1. The van der Waals surface area contributed by atoms with Crippen molar-refractivity contribution in [1.29, 1.82) is 0 Å². The monoisotopic (exact) mass is 498 g/mol. The molecule has 0 aliphatic rings. The zero-order chi connectivity index (χ0) is 25.5. The molecule has 3 nitrogen and oxygen atoms in total. The van der Waals surface area contributed by atoms with Gasteiger partial charge in [0.25, 0.3) is 0 Å². The molecule has 39 heavy (non-hydrogen) atoms. The van der Waals surface area contributed by atoms with Gasteiger partial charge in [0, 0.05) is 27.2 Å². The molecule has 0 saturated carbocycles. The highest BCUT2D eigenvalue weighted by atomic mass is 16.3. The maximum atomic E-state index is 6.46. The highest BCUT2D eigenvalue weighted by Crippen LogP contribution is 2.44. The van der Waals surface area contributed by atoms with Crippen LogP contribution in [0.1, 0.15) is 0 Å². The Morgan fingerprint density at radius 1 is 0.436 bits per heavy atom. The highest BCUT2D eigenvalue weighted by molar-refractivity contribution is 6.25. The van der Waals surface area contributed by atoms with Crippen molar-refractivity contribution in [3.05, 3.63) is 133 Å². The third-order valence-corrected chi connectivity index (χ3v) is 8.09. The molecule has 6 aromatic carbocycles. The lowest BCUT2D eigenvalue weighted by atomic mass is 10.1. The molecule has 0 spiro atoms. The minimum atomic E-state index is 0.915. The van der Waals surface area contributed by atoms with Gasteiger partial charge in [-0.1, -0.05) is 84.9 Å². The summed E-state index contributed by atoms with van der Waals surface area (Å²) in [5.74, 6) is 0. The molecule has 0 atom stereocenters. The third-order valence-electron chi connectivity index (χ3n) is 8.09. The fourth-order valence-electron chi connectivity index (χ4n) is 6.47. The van der Waals surface area contributed by atoms with Gasteiger partial charge >= 0.3 is 0 Å². The Morgan fingerprint density at radius 2 is 1.03 bits per heavy atom. The van der Waals surface area contributed by atoms with Crippen LogP contribution in [-0.4, -0.2) is 9.13 Å². The molecule has 0 saturated heterocycles. The van der Waals surface area contributed by atoms with E-state index >= 15 is 0 Å². The molecule has 3 heteroatoms. The molecular weight excluding hydrogens is 476 g/mol. The van der Waals surface area contributed by atoms with Crippen molar-refractivity contribution in [2.75, 3.05) is 0 Å². The first-order valence-corrected chi connectivity index (χ1v) is 13.3. The van der Waals surface area contributed by atoms with Crippen LogP contribution in [0.3, 0.4) is 0 Å². The molecule has 182 valence electrons. The van der Waals surface area contributed by atoms with Gasteiger partial charge in [-0.15, -0.1) is 0 Å². The molecule has 9 rings (SSSR count). The Balaban J connectivity index is 1.36. The summed E-state index contributed by atoms with van der Waals surface area (Å²) in [6.07, 6.45) is 0. The lowest BCUT2D eigenvalue weighted by molar-refractivity contribution is 0.666. The number of aromatic nitrogens is 2. The van der Waals surface area contributed by atoms with Crippen molar-refractivity contribution in [3.63, 3.8) is 0 Å². The van der Waals surface area contributed by atoms with Gasteiger partial charge in [-0.05, 0) is 59.7 Å². The van der Waals surface area contributed by atoms with Crippen molar-refractivity contribution in [1.82, 2.24) is 9.13 Å². The number of hydrogen-bond acceptors (Lipinski definition) is 1. The van der Waals surface area contributed by atoms with Gasteiger partial charge in [0.1, 0.15) is 5.58 Å². The fourth-order valence-corrected chi connectivity index (χ4v) is 6.47. The summed E-state index contributed by atoms with van der Waals surface area (Å²) in [6.45, 7) is 0. The zero-order valence-corrected chi connectivity index (χ0v) is 21.0. The summed E-state index contributed by atoms with van der Waals surface area (Å²) in [7, 11) is 0. The lowest BCUT2D eigenvalue weighted by Gasteiger charge is -2.13. The van der Waals surface area contributed by atoms with Crippen LogP contribution in [0.4, 0.5) is 0 Å². The first-order valence-electron chi connectivity index (χ1n) is 13.3. The van der Waals surface area contributed by atoms with E-state index in [4.69, 9.17) is 4.42 Å². The van der Waals surface area contributed by atoms with Gasteiger partial charge in [-0.2, -0.15) is 0 Å². The van der Waals surface area contributed by atoms with Crippen LogP contribution in [0.15, 0.2) is 138 Å². The standard InChI is InChI=1S/C36H22N2O/c1-2-10-23(11-3-1)24-12-6-13-25(22-24)37-28-16-8-18-30-34(28)35-29(37)17-9-19-31(35)38(30)32-20-7-15-27-26-14-4-5-21-33(26)39-36(27)32/h1-22H. The van der Waals surface area contributed by atoms with Crippen LogP contribution in [0.25, 0.3) is 77.3 Å². The summed E-state index contributed by atoms with van der Waals surface area (Å²) in [5.41, 5.74) is 11.3. The van der Waals surface area contributed by atoms with E-state index in [0.29, 0.717) is 0 Å². The van der Waals surface area contributed by atoms with E-state index in [9.17, 15) is 0 Å². The van der Waals surface area contributed by atoms with Crippen LogP contribution in [0, 0.1) is 0 Å². The van der Waals surface area contributed by atoms with E-state index in [1.54, 1.807) is 0 Å². The van der Waals surface area contributed by atoms with Gasteiger partial charge in [-0.25, -0.2) is 0 Å². The Hall–Kier alpha value is -5.28. The van der Waals surface area contributed by atoms with E-state index in [0.717, 1.165) is 27.6 Å². The molecule has 0 aliphatic heterocycles. The summed E-state index contributed by atoms with van der Waals surface area (Å²) < 4.78 is 11.2. The quantitative estimate of drug-likeness (QED) is 0.238. The van der Waals surface area contributed by atoms with Crippen molar-refractivity contribution >= 4 is 54.8 Å². The molecule has 9 aromatic rings. The second kappa shape index (κ2) is 7.62. The second-order valence-electron chi connectivity index (χ2n) is 10.2. The first kappa shape index (κ1) is 20.7. The van der Waals surface area contributed by atoms with Crippen LogP contribution in [0.2, 0.25) is 0 Å². The Kier molecular flexibility index (Phi) is 4.05. The van der Waals surface area contributed by atoms with Crippen LogP contribution < -0.4 is 0 Å². The van der Waals surface area contributed by atoms with Gasteiger partial charge in [0.2, 0.25) is 0 Å². The molecule has 0 bridgehead atoms. The predicted molar refractivity (Wildman–Crippen MR) is 162 cm³/mol. The van der Waals surface area contributed by atoms with E-state index in [2.05, 4.69) is 130 Å². The average molecular weight is 499 g/mol. The predicted octanol–water partition coefficient (Wildman–Crippen LogP) is 9.73. The van der Waals surface area contributed by atoms with Gasteiger partial charge < -0.3 is 13.6 Å². The lowest BCUT2D eigenvalue weighted by Crippen LogP contribution is -1.98. The number of para-hydroxylation sites is 2. The number of benzene rings is 6. The molecule has 0 N–H and O–H groups in total. The maximum absolute atomic E-state index is 6.46. The van der Waals surface area contributed by atoms with E-state index < -0.39 is 0 Å². The van der Waals surface area contributed by atoms with Crippen molar-refractivity contribution < 1.29 is 4.42 Å². The van der Waals surface area contributed by atoms with Gasteiger partial charge in [0.15, 0.2) is 5.58 Å². The number of hydrogen-bond donors (Lipinski definition) is 0. The van der Waals surface area contributed by atoms with Crippen LogP contribution >= 0.6 is 0 Å². The largest absolute Gasteiger partial charge is 0.454 e. The first-order chi connectivity index (χ1) is 19.4. The molecule has 0 radical (unpaired) electrons. The summed E-state index contributed by atoms with van der Waals surface area (Å²) >= 11 is 0. The number of rotatable bonds is 3. The molecule has 0 unspecified atom stereocenters. The number of furan rings is 1. The van der Waals surface area contributed by atoms with Gasteiger partial charge in [0.05, 0.1) is 27.8 Å². The minimum absolute atomic E-state index is 0.915. The second-order valence-corrected chi connectivity index (χ2v) is 10.2. The number of nitrogens with zero attached hydrogens (tertiary/aromatic N) is 2. The zero-order valence-electron chi connectivity index (χ0n) is 21.0. The Morgan fingerprint density at radius 3 is 1.79 bits per heavy atom. The summed E-state index contributed by atoms with van der Waals surface area (Å²) in [6, 6.07) is 47.5. The molecular formula is C36H22N2O. The van der Waals surface area contributed by atoms with Crippen molar-refractivity contribution in [3.8, 4) is 22.5 Å². The summed E-state index contributed by atoms with van der Waals surface area (Å²) in [5, 5.41) is 4.84. The van der Waals surface area contributed by atoms with E-state index in [-0.39, 0.29) is 0 Å². The molecule has 0 amide bonds. The highest BCUT2D eigenvalue weighted by Gasteiger charge is 2.23. The maximum Gasteiger partial charge on any atom is 0.159 e. The molecule has 0 aliphatic carbocycles. The third kappa shape index (κ3) is 2.76. The number of fused-ring (bicyclic) bond motifs is 3. The van der Waals surface area contributed by atoms with Crippen molar-refractivity contribution in [2.24, 2.45) is 0 Å². The molecule has 3 heterocycles. The fraction of sp³-hybridized carbons (Fsp3) is 0. The van der Waals surface area contributed by atoms with Crippen LogP contribution in [-0.2, 0) is 0 Å². The van der Waals surface area contributed by atoms with Crippen LogP contribution in [0.5, 0.6) is 0 Å². The molecule has 0 fully saturated rings.